The van der Waals surface area contributed by atoms with E-state index in [9.17, 15) is 4.79 Å². The van der Waals surface area contributed by atoms with Crippen LogP contribution in [-0.4, -0.2) is 25.7 Å². The Morgan fingerprint density at radius 3 is 2.82 bits per heavy atom. The summed E-state index contributed by atoms with van der Waals surface area (Å²) in [6.07, 6.45) is 2.93. The number of nitrogens with one attached hydrogen (secondary N) is 1. The Bertz CT molecular complexity index is 566. The van der Waals surface area contributed by atoms with E-state index >= 15 is 0 Å². The van der Waals surface area contributed by atoms with Gasteiger partial charge >= 0.3 is 0 Å². The fourth-order valence-electron chi connectivity index (χ4n) is 1.41. The van der Waals surface area contributed by atoms with E-state index in [0.717, 1.165) is 0 Å². The predicted molar refractivity (Wildman–Crippen MR) is 62.9 cm³/mol. The van der Waals surface area contributed by atoms with Crippen molar-refractivity contribution in [3.8, 4) is 0 Å². The van der Waals surface area contributed by atoms with E-state index in [4.69, 9.17) is 11.6 Å². The Hall–Kier alpha value is -1.95. The zero-order chi connectivity index (χ0) is 12.4. The first kappa shape index (κ1) is 11.5. The topological polar surface area (TPSA) is 72.7 Å². The van der Waals surface area contributed by atoms with Crippen molar-refractivity contribution >= 4 is 23.3 Å². The van der Waals surface area contributed by atoms with E-state index in [-0.39, 0.29) is 11.1 Å². The second kappa shape index (κ2) is 4.50. The first-order valence-electron chi connectivity index (χ1n) is 4.85. The number of aromatic nitrogens is 4. The molecule has 88 valence electrons. The number of amides is 1. The average Bonchev–Trinajstić information content (AvgIpc) is 2.58. The number of rotatable bonds is 2. The number of halogens is 1. The van der Waals surface area contributed by atoms with E-state index in [1.807, 2.05) is 0 Å². The molecule has 0 saturated carbocycles. The molecule has 6 nitrogen and oxygen atoms in total. The fourth-order valence-corrected chi connectivity index (χ4v) is 1.56. The molecule has 0 spiro atoms. The Labute approximate surface area is 103 Å². The fraction of sp³-hybridized carbons (Fsp3) is 0.200. The number of nitrogens with zero attached hydrogens (tertiary/aromatic N) is 4. The third kappa shape index (κ3) is 2.59. The predicted octanol–water partition coefficient (Wildman–Crippen LogP) is 1.42. The second-order valence-electron chi connectivity index (χ2n) is 3.48. The molecule has 0 aliphatic rings. The molecule has 0 bridgehead atoms. The van der Waals surface area contributed by atoms with Crippen LogP contribution in [0.25, 0.3) is 0 Å². The van der Waals surface area contributed by atoms with Gasteiger partial charge in [0, 0.05) is 19.3 Å². The van der Waals surface area contributed by atoms with Crippen molar-refractivity contribution in [3.63, 3.8) is 0 Å². The molecule has 0 aliphatic heterocycles. The van der Waals surface area contributed by atoms with Crippen molar-refractivity contribution in [1.82, 2.24) is 19.7 Å². The molecule has 0 unspecified atom stereocenters. The molecule has 0 aliphatic carbocycles. The smallest absolute Gasteiger partial charge is 0.260 e. The Kier molecular flexibility index (Phi) is 3.06. The maximum atomic E-state index is 11.9. The van der Waals surface area contributed by atoms with Gasteiger partial charge in [-0.15, -0.1) is 0 Å². The van der Waals surface area contributed by atoms with E-state index in [1.165, 1.54) is 12.4 Å². The first-order valence-corrected chi connectivity index (χ1v) is 5.23. The van der Waals surface area contributed by atoms with Gasteiger partial charge in [0.2, 0.25) is 0 Å². The van der Waals surface area contributed by atoms with Crippen molar-refractivity contribution in [1.29, 1.82) is 0 Å². The second-order valence-corrected chi connectivity index (χ2v) is 3.87. The standard InChI is InChI=1S/C10H10ClN5O/c1-6-7(4-16(2)15-6)10(17)14-9-3-8(11)12-5-13-9/h3-5H,1-2H3,(H,12,13,14,17). The Balaban J connectivity index is 2.20. The zero-order valence-electron chi connectivity index (χ0n) is 9.31. The molecule has 2 aromatic heterocycles. The lowest BCUT2D eigenvalue weighted by atomic mass is 10.2. The highest BCUT2D eigenvalue weighted by molar-refractivity contribution is 6.29. The highest BCUT2D eigenvalue weighted by Gasteiger charge is 2.13. The van der Waals surface area contributed by atoms with Crippen molar-refractivity contribution < 1.29 is 4.79 Å². The summed E-state index contributed by atoms with van der Waals surface area (Å²) >= 11 is 5.69. The third-order valence-electron chi connectivity index (χ3n) is 2.13. The lowest BCUT2D eigenvalue weighted by Crippen LogP contribution is -2.13. The van der Waals surface area contributed by atoms with Crippen LogP contribution < -0.4 is 5.32 Å². The van der Waals surface area contributed by atoms with Crippen LogP contribution in [-0.2, 0) is 7.05 Å². The highest BCUT2D eigenvalue weighted by Crippen LogP contribution is 2.11. The van der Waals surface area contributed by atoms with Gasteiger partial charge in [-0.25, -0.2) is 9.97 Å². The maximum Gasteiger partial charge on any atom is 0.260 e. The van der Waals surface area contributed by atoms with Crippen LogP contribution in [0.3, 0.4) is 0 Å². The molecule has 2 heterocycles. The molecule has 7 heteroatoms. The van der Waals surface area contributed by atoms with Gasteiger partial charge in [-0.1, -0.05) is 11.6 Å². The average molecular weight is 252 g/mol. The SMILES string of the molecule is Cc1nn(C)cc1C(=O)Nc1cc(Cl)ncn1. The van der Waals surface area contributed by atoms with Gasteiger partial charge in [0.05, 0.1) is 11.3 Å². The van der Waals surface area contributed by atoms with Crippen LogP contribution in [0.1, 0.15) is 16.1 Å². The van der Waals surface area contributed by atoms with Crippen LogP contribution in [0.2, 0.25) is 5.15 Å². The first-order chi connectivity index (χ1) is 8.06. The summed E-state index contributed by atoms with van der Waals surface area (Å²) < 4.78 is 1.58. The quantitative estimate of drug-likeness (QED) is 0.820. The number of carbonyl (C=O) groups excluding carboxylic acids is 1. The maximum absolute atomic E-state index is 11.9. The van der Waals surface area contributed by atoms with E-state index in [2.05, 4.69) is 20.4 Å². The van der Waals surface area contributed by atoms with Crippen molar-refractivity contribution in [2.75, 3.05) is 5.32 Å². The van der Waals surface area contributed by atoms with Gasteiger partial charge in [0.25, 0.3) is 5.91 Å². The monoisotopic (exact) mass is 251 g/mol. The van der Waals surface area contributed by atoms with Crippen molar-refractivity contribution in [3.05, 3.63) is 35.0 Å². The minimum Gasteiger partial charge on any atom is -0.306 e. The third-order valence-corrected chi connectivity index (χ3v) is 2.34. The number of aryl methyl sites for hydroxylation is 2. The highest BCUT2D eigenvalue weighted by atomic mass is 35.5. The largest absolute Gasteiger partial charge is 0.306 e. The minimum atomic E-state index is -0.273. The minimum absolute atomic E-state index is 0.273. The molecule has 0 fully saturated rings. The summed E-state index contributed by atoms with van der Waals surface area (Å²) in [6, 6.07) is 1.48. The zero-order valence-corrected chi connectivity index (χ0v) is 10.1. The van der Waals surface area contributed by atoms with Crippen molar-refractivity contribution in [2.24, 2.45) is 7.05 Å². The molecule has 17 heavy (non-hydrogen) atoms. The van der Waals surface area contributed by atoms with Gasteiger partial charge < -0.3 is 5.32 Å². The number of hydrogen-bond acceptors (Lipinski definition) is 4. The van der Waals surface area contributed by atoms with Crippen LogP contribution >= 0.6 is 11.6 Å². The summed E-state index contributed by atoms with van der Waals surface area (Å²) in [5, 5.41) is 6.99. The summed E-state index contributed by atoms with van der Waals surface area (Å²) in [5.74, 6) is 0.0867. The summed E-state index contributed by atoms with van der Waals surface area (Å²) in [4.78, 5) is 19.5. The lowest BCUT2D eigenvalue weighted by Gasteiger charge is -2.02. The molecular formula is C10H10ClN5O. The van der Waals surface area contributed by atoms with Gasteiger partial charge in [0.1, 0.15) is 17.3 Å². The van der Waals surface area contributed by atoms with Gasteiger partial charge in [-0.05, 0) is 6.92 Å². The van der Waals surface area contributed by atoms with Gasteiger partial charge in [-0.2, -0.15) is 5.10 Å². The van der Waals surface area contributed by atoms with Crippen molar-refractivity contribution in [2.45, 2.75) is 6.92 Å². The molecule has 0 atom stereocenters. The Morgan fingerprint density at radius 1 is 1.47 bits per heavy atom. The molecule has 0 saturated heterocycles. The number of hydrogen-bond donors (Lipinski definition) is 1. The lowest BCUT2D eigenvalue weighted by molar-refractivity contribution is 0.102. The van der Waals surface area contributed by atoms with Crippen LogP contribution in [0.4, 0.5) is 5.82 Å². The molecule has 2 rings (SSSR count). The van der Waals surface area contributed by atoms with Crippen LogP contribution in [0, 0.1) is 6.92 Å². The summed E-state index contributed by atoms with van der Waals surface area (Å²) in [7, 11) is 1.76. The number of carbonyl (C=O) groups is 1. The van der Waals surface area contributed by atoms with Gasteiger partial charge in [0.15, 0.2) is 0 Å². The molecular weight excluding hydrogens is 242 g/mol. The van der Waals surface area contributed by atoms with E-state index in [0.29, 0.717) is 17.1 Å². The summed E-state index contributed by atoms with van der Waals surface area (Å²) in [6.45, 7) is 1.77. The molecule has 1 N–H and O–H groups in total. The number of anilines is 1. The Morgan fingerprint density at radius 2 is 2.24 bits per heavy atom. The molecule has 0 aromatic carbocycles. The van der Waals surface area contributed by atoms with E-state index < -0.39 is 0 Å². The van der Waals surface area contributed by atoms with Gasteiger partial charge in [-0.3, -0.25) is 9.48 Å². The van der Waals surface area contributed by atoms with Crippen LogP contribution in [0.5, 0.6) is 0 Å². The molecule has 0 radical (unpaired) electrons. The molecule has 1 amide bonds. The summed E-state index contributed by atoms with van der Waals surface area (Å²) in [5.41, 5.74) is 1.16. The van der Waals surface area contributed by atoms with E-state index in [1.54, 1.807) is 24.9 Å². The normalized spacial score (nSPS) is 10.3. The van der Waals surface area contributed by atoms with Crippen LogP contribution in [0.15, 0.2) is 18.6 Å². The molecule has 2 aromatic rings.